The number of rotatable bonds is 4. The lowest BCUT2D eigenvalue weighted by atomic mass is 10.1. The lowest BCUT2D eigenvalue weighted by molar-refractivity contribution is 0.569. The van der Waals surface area contributed by atoms with Gasteiger partial charge in [0.25, 0.3) is 0 Å². The van der Waals surface area contributed by atoms with Crippen LogP contribution in [-0.2, 0) is 0 Å². The van der Waals surface area contributed by atoms with E-state index in [0.29, 0.717) is 0 Å². The first kappa shape index (κ1) is 7.74. The first-order chi connectivity index (χ1) is 6.43. The molecule has 1 N–H and O–H groups in total. The van der Waals surface area contributed by atoms with Crippen LogP contribution >= 0.6 is 11.5 Å². The summed E-state index contributed by atoms with van der Waals surface area (Å²) in [6, 6.07) is 0.724. The average Bonchev–Trinajstić information content (AvgIpc) is 3.04. The summed E-state index contributed by atoms with van der Waals surface area (Å²) in [5, 5.41) is 8.56. The van der Waals surface area contributed by atoms with E-state index in [4.69, 9.17) is 0 Å². The number of aromatic nitrogens is 2. The monoisotopic (exact) mass is 195 g/mol. The van der Waals surface area contributed by atoms with Gasteiger partial charge in [-0.05, 0) is 37.5 Å². The van der Waals surface area contributed by atoms with E-state index in [1.807, 2.05) is 6.20 Å². The molecule has 2 aliphatic rings. The summed E-state index contributed by atoms with van der Waals surface area (Å²) in [6.07, 6.45) is 7.50. The van der Waals surface area contributed by atoms with Crippen LogP contribution in [0.1, 0.15) is 25.7 Å². The fraction of sp³-hybridized carbons (Fsp3) is 0.778. The second-order valence-electron chi connectivity index (χ2n) is 4.13. The molecular formula is C9H13N3S. The first-order valence-electron chi connectivity index (χ1n) is 4.97. The maximum Gasteiger partial charge on any atom is 0.130 e. The molecule has 1 heterocycles. The summed E-state index contributed by atoms with van der Waals surface area (Å²) >= 11 is 1.47. The van der Waals surface area contributed by atoms with Crippen LogP contribution in [-0.4, -0.2) is 15.6 Å². The van der Waals surface area contributed by atoms with Crippen molar-refractivity contribution in [2.75, 3.05) is 5.32 Å². The molecule has 0 aromatic carbocycles. The van der Waals surface area contributed by atoms with Crippen LogP contribution in [0.2, 0.25) is 0 Å². The second kappa shape index (κ2) is 2.94. The van der Waals surface area contributed by atoms with Gasteiger partial charge in [0.15, 0.2) is 0 Å². The molecular weight excluding hydrogens is 182 g/mol. The van der Waals surface area contributed by atoms with Gasteiger partial charge in [-0.3, -0.25) is 0 Å². The molecule has 3 rings (SSSR count). The van der Waals surface area contributed by atoms with Gasteiger partial charge in [0, 0.05) is 17.6 Å². The Morgan fingerprint density at radius 2 is 2.00 bits per heavy atom. The molecule has 13 heavy (non-hydrogen) atoms. The predicted molar refractivity (Wildman–Crippen MR) is 52.8 cm³/mol. The molecule has 0 unspecified atom stereocenters. The third-order valence-corrected chi connectivity index (χ3v) is 3.53. The summed E-state index contributed by atoms with van der Waals surface area (Å²) in [5.41, 5.74) is 0. The van der Waals surface area contributed by atoms with Crippen molar-refractivity contribution in [3.8, 4) is 0 Å². The maximum atomic E-state index is 3.86. The molecule has 3 nitrogen and oxygen atoms in total. The lowest BCUT2D eigenvalue weighted by Crippen LogP contribution is -2.23. The van der Waals surface area contributed by atoms with Gasteiger partial charge in [-0.25, -0.2) is 0 Å². The fourth-order valence-electron chi connectivity index (χ4n) is 1.93. The van der Waals surface area contributed by atoms with Crippen LogP contribution in [0.15, 0.2) is 6.20 Å². The van der Waals surface area contributed by atoms with Gasteiger partial charge in [0.05, 0.1) is 6.20 Å². The third-order valence-electron chi connectivity index (χ3n) is 2.93. The van der Waals surface area contributed by atoms with Gasteiger partial charge in [0.2, 0.25) is 0 Å². The molecule has 0 amide bonds. The molecule has 0 bridgehead atoms. The van der Waals surface area contributed by atoms with Crippen molar-refractivity contribution in [2.24, 2.45) is 11.8 Å². The van der Waals surface area contributed by atoms with E-state index in [2.05, 4.69) is 14.9 Å². The van der Waals surface area contributed by atoms with Crippen molar-refractivity contribution in [2.45, 2.75) is 31.7 Å². The summed E-state index contributed by atoms with van der Waals surface area (Å²) in [4.78, 5) is 0. The van der Waals surface area contributed by atoms with Gasteiger partial charge in [-0.1, -0.05) is 4.49 Å². The largest absolute Gasteiger partial charge is 0.371 e. The molecule has 1 aromatic heterocycles. The summed E-state index contributed by atoms with van der Waals surface area (Å²) in [6.45, 7) is 0. The third kappa shape index (κ3) is 1.68. The molecule has 1 aromatic rings. The Labute approximate surface area is 81.7 Å². The quantitative estimate of drug-likeness (QED) is 0.799. The molecule has 2 fully saturated rings. The highest BCUT2D eigenvalue weighted by molar-refractivity contribution is 7.09. The summed E-state index contributed by atoms with van der Waals surface area (Å²) in [5.74, 6) is 1.88. The highest BCUT2D eigenvalue weighted by Crippen LogP contribution is 2.45. The Bertz CT molecular complexity index is 265. The van der Waals surface area contributed by atoms with E-state index in [-0.39, 0.29) is 0 Å². The smallest absolute Gasteiger partial charge is 0.130 e. The van der Waals surface area contributed by atoms with Crippen LogP contribution in [0.5, 0.6) is 0 Å². The lowest BCUT2D eigenvalue weighted by Gasteiger charge is -2.16. The van der Waals surface area contributed by atoms with Crippen LogP contribution < -0.4 is 5.32 Å². The van der Waals surface area contributed by atoms with Crippen molar-refractivity contribution in [1.29, 1.82) is 0 Å². The standard InChI is InChI=1S/C9H13N3S/c1-2-6(1)9(7-3-4-7)11-8-5-10-12-13-8/h5-7,9,11H,1-4H2. The molecule has 70 valence electrons. The van der Waals surface area contributed by atoms with Crippen molar-refractivity contribution in [3.05, 3.63) is 6.20 Å². The zero-order chi connectivity index (χ0) is 8.67. The summed E-state index contributed by atoms with van der Waals surface area (Å²) in [7, 11) is 0. The number of anilines is 1. The van der Waals surface area contributed by atoms with Gasteiger partial charge in [0.1, 0.15) is 5.00 Å². The molecule has 0 atom stereocenters. The van der Waals surface area contributed by atoms with Crippen LogP contribution in [0.25, 0.3) is 0 Å². The summed E-state index contributed by atoms with van der Waals surface area (Å²) < 4.78 is 3.86. The molecule has 0 aliphatic heterocycles. The molecule has 0 spiro atoms. The van der Waals surface area contributed by atoms with Crippen LogP contribution in [0.4, 0.5) is 5.00 Å². The minimum absolute atomic E-state index is 0.724. The molecule has 2 aliphatic carbocycles. The van der Waals surface area contributed by atoms with Gasteiger partial charge >= 0.3 is 0 Å². The Morgan fingerprint density at radius 3 is 2.46 bits per heavy atom. The second-order valence-corrected chi connectivity index (χ2v) is 4.91. The Balaban J connectivity index is 1.67. The van der Waals surface area contributed by atoms with Crippen molar-refractivity contribution >= 4 is 16.5 Å². The Hall–Kier alpha value is -0.640. The van der Waals surface area contributed by atoms with Crippen molar-refractivity contribution in [3.63, 3.8) is 0 Å². The Morgan fingerprint density at radius 1 is 1.31 bits per heavy atom. The van der Waals surface area contributed by atoms with Crippen LogP contribution in [0.3, 0.4) is 0 Å². The SMILES string of the molecule is c1nnsc1NC(C1CC1)C1CC1. The minimum Gasteiger partial charge on any atom is -0.371 e. The number of nitrogens with zero attached hydrogens (tertiary/aromatic N) is 2. The highest BCUT2D eigenvalue weighted by Gasteiger charge is 2.41. The number of nitrogens with one attached hydrogen (secondary N) is 1. The minimum atomic E-state index is 0.724. The highest BCUT2D eigenvalue weighted by atomic mass is 32.1. The van der Waals surface area contributed by atoms with Crippen LogP contribution in [0, 0.1) is 11.8 Å². The molecule has 0 saturated heterocycles. The van der Waals surface area contributed by atoms with E-state index >= 15 is 0 Å². The van der Waals surface area contributed by atoms with Gasteiger partial charge in [-0.15, -0.1) is 5.10 Å². The maximum absolute atomic E-state index is 3.86. The fourth-order valence-corrected chi connectivity index (χ4v) is 2.39. The predicted octanol–water partition coefficient (Wildman–Crippen LogP) is 2.14. The first-order valence-corrected chi connectivity index (χ1v) is 5.75. The van der Waals surface area contributed by atoms with Gasteiger partial charge in [-0.2, -0.15) is 0 Å². The number of hydrogen-bond acceptors (Lipinski definition) is 4. The van der Waals surface area contributed by atoms with E-state index in [1.165, 1.54) is 37.2 Å². The van der Waals surface area contributed by atoms with E-state index < -0.39 is 0 Å². The zero-order valence-electron chi connectivity index (χ0n) is 7.44. The van der Waals surface area contributed by atoms with Crippen molar-refractivity contribution in [1.82, 2.24) is 9.59 Å². The topological polar surface area (TPSA) is 37.8 Å². The normalized spacial score (nSPS) is 22.2. The van der Waals surface area contributed by atoms with E-state index in [1.54, 1.807) is 0 Å². The number of hydrogen-bond donors (Lipinski definition) is 1. The van der Waals surface area contributed by atoms with E-state index in [9.17, 15) is 0 Å². The Kier molecular flexibility index (Phi) is 1.75. The molecule has 2 saturated carbocycles. The average molecular weight is 195 g/mol. The van der Waals surface area contributed by atoms with E-state index in [0.717, 1.165) is 22.9 Å². The molecule has 4 heteroatoms. The zero-order valence-corrected chi connectivity index (χ0v) is 8.26. The van der Waals surface area contributed by atoms with Gasteiger partial charge < -0.3 is 5.32 Å². The molecule has 0 radical (unpaired) electrons. The van der Waals surface area contributed by atoms with Crippen molar-refractivity contribution < 1.29 is 0 Å².